The average molecular weight is 440 g/mol. The zero-order valence-electron chi connectivity index (χ0n) is 19.2. The Labute approximate surface area is 191 Å². The molecular formula is C25H37N5O2. The number of benzene rings is 1. The molecule has 7 heteroatoms. The minimum Gasteiger partial charge on any atom is -0.469 e. The minimum atomic E-state index is 0.395. The van der Waals surface area contributed by atoms with Crippen molar-refractivity contribution in [3.05, 3.63) is 60.1 Å². The normalized spacial score (nSPS) is 22.8. The Morgan fingerprint density at radius 3 is 2.75 bits per heavy atom. The van der Waals surface area contributed by atoms with E-state index >= 15 is 0 Å². The first kappa shape index (κ1) is 22.8. The van der Waals surface area contributed by atoms with E-state index in [-0.39, 0.29) is 0 Å². The van der Waals surface area contributed by atoms with Gasteiger partial charge in [0.15, 0.2) is 5.96 Å². The molecule has 32 heavy (non-hydrogen) atoms. The Kier molecular flexibility index (Phi) is 8.59. The molecule has 174 valence electrons. The molecule has 2 aliphatic rings. The number of furan rings is 1. The number of rotatable bonds is 9. The maximum absolute atomic E-state index is 5.47. The maximum Gasteiger partial charge on any atom is 0.191 e. The molecule has 2 aliphatic heterocycles. The van der Waals surface area contributed by atoms with Gasteiger partial charge in [0.25, 0.3) is 0 Å². The second-order valence-corrected chi connectivity index (χ2v) is 8.78. The van der Waals surface area contributed by atoms with Gasteiger partial charge in [0, 0.05) is 57.8 Å². The lowest BCUT2D eigenvalue weighted by Gasteiger charge is -2.26. The summed E-state index contributed by atoms with van der Waals surface area (Å²) in [5.41, 5.74) is 1.37. The third-order valence-corrected chi connectivity index (χ3v) is 6.31. The molecule has 0 radical (unpaired) electrons. The Hall–Kier alpha value is -2.35. The highest BCUT2D eigenvalue weighted by atomic mass is 16.5. The quantitative estimate of drug-likeness (QED) is 0.462. The molecule has 0 spiro atoms. The predicted molar refractivity (Wildman–Crippen MR) is 128 cm³/mol. The molecular weight excluding hydrogens is 402 g/mol. The van der Waals surface area contributed by atoms with E-state index in [1.165, 1.54) is 5.56 Å². The van der Waals surface area contributed by atoms with E-state index in [4.69, 9.17) is 14.1 Å². The van der Waals surface area contributed by atoms with Crippen molar-refractivity contribution in [2.24, 2.45) is 4.99 Å². The van der Waals surface area contributed by atoms with Gasteiger partial charge in [0.05, 0.1) is 26.0 Å². The zero-order chi connectivity index (χ0) is 22.0. The number of ether oxygens (including phenoxy) is 1. The van der Waals surface area contributed by atoms with Gasteiger partial charge < -0.3 is 19.8 Å². The van der Waals surface area contributed by atoms with Crippen LogP contribution in [0.5, 0.6) is 0 Å². The van der Waals surface area contributed by atoms with Crippen molar-refractivity contribution in [3.8, 4) is 0 Å². The molecule has 3 heterocycles. The summed E-state index contributed by atoms with van der Waals surface area (Å²) in [4.78, 5) is 9.88. The molecule has 2 unspecified atom stereocenters. The van der Waals surface area contributed by atoms with Gasteiger partial charge in [-0.25, -0.2) is 0 Å². The fourth-order valence-electron chi connectivity index (χ4n) is 4.47. The van der Waals surface area contributed by atoms with Gasteiger partial charge in [0.1, 0.15) is 5.76 Å². The molecule has 1 aromatic carbocycles. The van der Waals surface area contributed by atoms with Gasteiger partial charge in [-0.15, -0.1) is 0 Å². The van der Waals surface area contributed by atoms with Crippen molar-refractivity contribution in [1.29, 1.82) is 0 Å². The van der Waals surface area contributed by atoms with E-state index < -0.39 is 0 Å². The molecule has 4 rings (SSSR count). The number of hydrogen-bond acceptors (Lipinski definition) is 5. The predicted octanol–water partition coefficient (Wildman–Crippen LogP) is 2.35. The van der Waals surface area contributed by atoms with Crippen LogP contribution >= 0.6 is 0 Å². The highest BCUT2D eigenvalue weighted by Crippen LogP contribution is 2.20. The average Bonchev–Trinajstić information content (AvgIpc) is 3.45. The van der Waals surface area contributed by atoms with Crippen LogP contribution in [-0.4, -0.2) is 80.3 Å². The van der Waals surface area contributed by atoms with Crippen LogP contribution in [0.2, 0.25) is 0 Å². The Morgan fingerprint density at radius 1 is 1.12 bits per heavy atom. The zero-order valence-corrected chi connectivity index (χ0v) is 19.2. The summed E-state index contributed by atoms with van der Waals surface area (Å²) < 4.78 is 10.9. The standard InChI is InChI=1S/C25H37N5O2/c1-21-18-23(20-30(21)19-22-6-3-2-4-7-22)28-25(26-10-9-24-8-5-15-32-24)27-11-12-29-13-16-31-17-14-29/h2-8,15,21,23H,9-14,16-20H2,1H3,(H2,26,27,28). The Bertz CT molecular complexity index is 805. The van der Waals surface area contributed by atoms with Gasteiger partial charge in [-0.05, 0) is 31.0 Å². The molecule has 2 aromatic rings. The van der Waals surface area contributed by atoms with Crippen molar-refractivity contribution in [2.75, 3.05) is 52.5 Å². The Balaban J connectivity index is 1.30. The van der Waals surface area contributed by atoms with Crippen LogP contribution in [0.4, 0.5) is 0 Å². The molecule has 0 saturated carbocycles. The summed E-state index contributed by atoms with van der Waals surface area (Å²) in [6.45, 7) is 10.5. The van der Waals surface area contributed by atoms with Gasteiger partial charge in [-0.1, -0.05) is 30.3 Å². The summed E-state index contributed by atoms with van der Waals surface area (Å²) in [5.74, 6) is 1.90. The van der Waals surface area contributed by atoms with Gasteiger partial charge >= 0.3 is 0 Å². The van der Waals surface area contributed by atoms with E-state index in [0.717, 1.165) is 83.6 Å². The van der Waals surface area contributed by atoms with Gasteiger partial charge in [-0.2, -0.15) is 0 Å². The van der Waals surface area contributed by atoms with E-state index in [1.54, 1.807) is 6.26 Å². The van der Waals surface area contributed by atoms with Crippen LogP contribution in [0, 0.1) is 0 Å². The summed E-state index contributed by atoms with van der Waals surface area (Å²) in [6, 6.07) is 15.6. The highest BCUT2D eigenvalue weighted by molar-refractivity contribution is 5.80. The number of morpholine rings is 1. The van der Waals surface area contributed by atoms with E-state index in [9.17, 15) is 0 Å². The van der Waals surface area contributed by atoms with Crippen LogP contribution < -0.4 is 10.6 Å². The molecule has 0 amide bonds. The summed E-state index contributed by atoms with van der Waals surface area (Å²) in [5, 5.41) is 7.22. The molecule has 2 atom stereocenters. The number of likely N-dealkylation sites (tertiary alicyclic amines) is 1. The first-order valence-corrected chi connectivity index (χ1v) is 11.9. The number of nitrogens with one attached hydrogen (secondary N) is 2. The fourth-order valence-corrected chi connectivity index (χ4v) is 4.47. The lowest BCUT2D eigenvalue weighted by Crippen LogP contribution is -2.45. The molecule has 0 aliphatic carbocycles. The summed E-state index contributed by atoms with van der Waals surface area (Å²) in [7, 11) is 0. The van der Waals surface area contributed by atoms with Crippen molar-refractivity contribution in [3.63, 3.8) is 0 Å². The smallest absolute Gasteiger partial charge is 0.191 e. The third kappa shape index (κ3) is 7.08. The topological polar surface area (TPSA) is 65.3 Å². The Morgan fingerprint density at radius 2 is 1.97 bits per heavy atom. The summed E-state index contributed by atoms with van der Waals surface area (Å²) in [6.07, 6.45) is 3.69. The first-order valence-electron chi connectivity index (χ1n) is 11.9. The molecule has 2 fully saturated rings. The lowest BCUT2D eigenvalue weighted by molar-refractivity contribution is 0.0394. The molecule has 2 N–H and O–H groups in total. The van der Waals surface area contributed by atoms with Crippen LogP contribution in [0.1, 0.15) is 24.7 Å². The summed E-state index contributed by atoms with van der Waals surface area (Å²) >= 11 is 0. The van der Waals surface area contributed by atoms with Crippen LogP contribution in [0.15, 0.2) is 58.1 Å². The number of aliphatic imine (C=N–C) groups is 1. The van der Waals surface area contributed by atoms with E-state index in [0.29, 0.717) is 12.1 Å². The number of nitrogens with zero attached hydrogens (tertiary/aromatic N) is 3. The molecule has 7 nitrogen and oxygen atoms in total. The van der Waals surface area contributed by atoms with E-state index in [1.807, 2.05) is 12.1 Å². The van der Waals surface area contributed by atoms with Crippen molar-refractivity contribution >= 4 is 5.96 Å². The van der Waals surface area contributed by atoms with Gasteiger partial charge in [0.2, 0.25) is 0 Å². The van der Waals surface area contributed by atoms with Crippen molar-refractivity contribution in [1.82, 2.24) is 20.4 Å². The fraction of sp³-hybridized carbons (Fsp3) is 0.560. The molecule has 1 aromatic heterocycles. The van der Waals surface area contributed by atoms with Crippen molar-refractivity contribution < 1.29 is 9.15 Å². The van der Waals surface area contributed by atoms with Crippen LogP contribution in [0.25, 0.3) is 0 Å². The highest BCUT2D eigenvalue weighted by Gasteiger charge is 2.29. The maximum atomic E-state index is 5.47. The van der Waals surface area contributed by atoms with Crippen molar-refractivity contribution in [2.45, 2.75) is 38.4 Å². The number of guanidine groups is 1. The third-order valence-electron chi connectivity index (χ3n) is 6.31. The largest absolute Gasteiger partial charge is 0.469 e. The van der Waals surface area contributed by atoms with Crippen LogP contribution in [-0.2, 0) is 17.7 Å². The van der Waals surface area contributed by atoms with E-state index in [2.05, 4.69) is 57.7 Å². The van der Waals surface area contributed by atoms with Gasteiger partial charge in [-0.3, -0.25) is 14.8 Å². The second-order valence-electron chi connectivity index (χ2n) is 8.78. The number of hydrogen-bond donors (Lipinski definition) is 2. The molecule has 2 saturated heterocycles. The van der Waals surface area contributed by atoms with Crippen LogP contribution in [0.3, 0.4) is 0 Å². The molecule has 0 bridgehead atoms. The lowest BCUT2D eigenvalue weighted by atomic mass is 10.2. The monoisotopic (exact) mass is 439 g/mol. The minimum absolute atomic E-state index is 0.395. The first-order chi connectivity index (χ1) is 15.8. The second kappa shape index (κ2) is 12.0. The SMILES string of the molecule is CC1CC(NC(=NCCN2CCOCC2)NCCc2ccco2)CN1Cc1ccccc1.